The van der Waals surface area contributed by atoms with Gasteiger partial charge in [0.25, 0.3) is 11.5 Å². The second kappa shape index (κ2) is 8.40. The van der Waals surface area contributed by atoms with Crippen LogP contribution in [0.3, 0.4) is 0 Å². The van der Waals surface area contributed by atoms with Crippen LogP contribution in [0.4, 0.5) is 5.69 Å². The van der Waals surface area contributed by atoms with Crippen LogP contribution in [0.5, 0.6) is 0 Å². The SMILES string of the molecule is Cc1ccc2cc(CN(C(=O)c3cccc(Cl)c3)c3cccc(C)c3C)c(=O)[nH]c2c1. The second-order valence-electron chi connectivity index (χ2n) is 7.84. The molecule has 1 amide bonds. The molecule has 3 aromatic carbocycles. The van der Waals surface area contributed by atoms with Crippen LogP contribution in [0.2, 0.25) is 5.02 Å². The summed E-state index contributed by atoms with van der Waals surface area (Å²) >= 11 is 6.13. The summed E-state index contributed by atoms with van der Waals surface area (Å²) in [6.45, 7) is 6.12. The minimum absolute atomic E-state index is 0.148. The first-order chi connectivity index (χ1) is 14.8. The summed E-state index contributed by atoms with van der Waals surface area (Å²) in [7, 11) is 0. The highest BCUT2D eigenvalue weighted by Crippen LogP contribution is 2.27. The van der Waals surface area contributed by atoms with Crippen molar-refractivity contribution in [3.63, 3.8) is 0 Å². The maximum Gasteiger partial charge on any atom is 0.258 e. The minimum atomic E-state index is -0.209. The van der Waals surface area contributed by atoms with E-state index in [1.807, 2.05) is 63.2 Å². The fourth-order valence-corrected chi connectivity index (χ4v) is 3.91. The Morgan fingerprint density at radius 2 is 1.74 bits per heavy atom. The molecule has 0 unspecified atom stereocenters. The number of halogens is 1. The van der Waals surface area contributed by atoms with E-state index in [1.54, 1.807) is 29.2 Å². The molecule has 1 aromatic heterocycles. The predicted octanol–water partition coefficient (Wildman–Crippen LogP) is 5.95. The fraction of sp³-hybridized carbons (Fsp3) is 0.154. The van der Waals surface area contributed by atoms with Crippen LogP contribution in [0.1, 0.15) is 32.6 Å². The molecule has 0 saturated heterocycles. The molecule has 0 spiro atoms. The molecule has 156 valence electrons. The van der Waals surface area contributed by atoms with Crippen LogP contribution >= 0.6 is 11.6 Å². The summed E-state index contributed by atoms with van der Waals surface area (Å²) in [6, 6.07) is 20.5. The number of pyridine rings is 1. The summed E-state index contributed by atoms with van der Waals surface area (Å²) < 4.78 is 0. The Morgan fingerprint density at radius 3 is 2.52 bits per heavy atom. The van der Waals surface area contributed by atoms with E-state index >= 15 is 0 Å². The number of aryl methyl sites for hydroxylation is 2. The molecule has 4 rings (SSSR count). The molecule has 4 aromatic rings. The highest BCUT2D eigenvalue weighted by Gasteiger charge is 2.22. The number of amides is 1. The zero-order valence-corrected chi connectivity index (χ0v) is 18.5. The zero-order chi connectivity index (χ0) is 22.1. The number of H-pyrrole nitrogens is 1. The van der Waals surface area contributed by atoms with Gasteiger partial charge in [-0.15, -0.1) is 0 Å². The number of aromatic nitrogens is 1. The van der Waals surface area contributed by atoms with Gasteiger partial charge in [-0.1, -0.05) is 41.9 Å². The molecule has 1 N–H and O–H groups in total. The van der Waals surface area contributed by atoms with Gasteiger partial charge < -0.3 is 9.88 Å². The van der Waals surface area contributed by atoms with Crippen LogP contribution in [0.15, 0.2) is 71.5 Å². The molecule has 0 aliphatic heterocycles. The molecular formula is C26H23ClN2O2. The first kappa shape index (κ1) is 20.9. The average molecular weight is 431 g/mol. The highest BCUT2D eigenvalue weighted by atomic mass is 35.5. The van der Waals surface area contributed by atoms with Gasteiger partial charge in [-0.05, 0) is 79.2 Å². The number of fused-ring (bicyclic) bond motifs is 1. The summed E-state index contributed by atoms with van der Waals surface area (Å²) in [5.41, 5.74) is 5.49. The Bertz CT molecular complexity index is 1360. The van der Waals surface area contributed by atoms with Crippen molar-refractivity contribution >= 4 is 34.1 Å². The molecule has 0 radical (unpaired) electrons. The van der Waals surface area contributed by atoms with Gasteiger partial charge in [0, 0.05) is 27.4 Å². The van der Waals surface area contributed by atoms with Crippen LogP contribution in [0.25, 0.3) is 10.9 Å². The number of anilines is 1. The number of carbonyl (C=O) groups is 1. The van der Waals surface area contributed by atoms with Crippen LogP contribution in [0, 0.1) is 20.8 Å². The third kappa shape index (κ3) is 4.25. The number of hydrogen-bond acceptors (Lipinski definition) is 2. The Morgan fingerprint density at radius 1 is 0.968 bits per heavy atom. The number of aromatic amines is 1. The van der Waals surface area contributed by atoms with Crippen molar-refractivity contribution in [2.45, 2.75) is 27.3 Å². The van der Waals surface area contributed by atoms with Gasteiger partial charge in [0.1, 0.15) is 0 Å². The molecule has 4 nitrogen and oxygen atoms in total. The van der Waals surface area contributed by atoms with E-state index in [9.17, 15) is 9.59 Å². The summed E-state index contributed by atoms with van der Waals surface area (Å²) in [6.07, 6.45) is 0. The van der Waals surface area contributed by atoms with Crippen molar-refractivity contribution in [2.24, 2.45) is 0 Å². The van der Waals surface area contributed by atoms with Crippen LogP contribution in [-0.4, -0.2) is 10.9 Å². The number of hydrogen-bond donors (Lipinski definition) is 1. The lowest BCUT2D eigenvalue weighted by atomic mass is 10.0. The molecule has 0 saturated carbocycles. The number of rotatable bonds is 4. The van der Waals surface area contributed by atoms with Crippen LogP contribution in [-0.2, 0) is 6.54 Å². The predicted molar refractivity (Wildman–Crippen MR) is 127 cm³/mol. The van der Waals surface area contributed by atoms with Crippen molar-refractivity contribution in [3.05, 3.63) is 110 Å². The van der Waals surface area contributed by atoms with Crippen molar-refractivity contribution in [1.82, 2.24) is 4.98 Å². The Kier molecular flexibility index (Phi) is 5.66. The van der Waals surface area contributed by atoms with E-state index in [1.165, 1.54) is 0 Å². The number of benzene rings is 3. The van der Waals surface area contributed by atoms with Gasteiger partial charge in [-0.25, -0.2) is 0 Å². The second-order valence-corrected chi connectivity index (χ2v) is 8.27. The lowest BCUT2D eigenvalue weighted by Gasteiger charge is -2.25. The molecule has 0 atom stereocenters. The maximum atomic E-state index is 13.5. The minimum Gasteiger partial charge on any atom is -0.322 e. The van der Waals surface area contributed by atoms with Crippen molar-refractivity contribution in [2.75, 3.05) is 4.90 Å². The van der Waals surface area contributed by atoms with E-state index in [0.29, 0.717) is 16.1 Å². The Balaban J connectivity index is 1.83. The zero-order valence-electron chi connectivity index (χ0n) is 17.7. The molecule has 31 heavy (non-hydrogen) atoms. The van der Waals surface area contributed by atoms with Crippen molar-refractivity contribution in [1.29, 1.82) is 0 Å². The van der Waals surface area contributed by atoms with Crippen molar-refractivity contribution in [3.8, 4) is 0 Å². The van der Waals surface area contributed by atoms with Gasteiger partial charge in [0.15, 0.2) is 0 Å². The topological polar surface area (TPSA) is 53.2 Å². The monoisotopic (exact) mass is 430 g/mol. The number of nitrogens with one attached hydrogen (secondary N) is 1. The first-order valence-electron chi connectivity index (χ1n) is 10.1. The molecule has 1 heterocycles. The van der Waals surface area contributed by atoms with Gasteiger partial charge in [0.05, 0.1) is 6.54 Å². The van der Waals surface area contributed by atoms with Gasteiger partial charge in [-0.2, -0.15) is 0 Å². The van der Waals surface area contributed by atoms with Crippen LogP contribution < -0.4 is 10.5 Å². The van der Waals surface area contributed by atoms with Gasteiger partial charge in [-0.3, -0.25) is 9.59 Å². The standard InChI is InChI=1S/C26H23ClN2O2/c1-16-10-11-19-13-21(25(30)28-23(19)12-16)15-29(24-9-4-6-17(2)18(24)3)26(31)20-7-5-8-22(27)14-20/h4-14H,15H2,1-3H3,(H,28,30). The summed E-state index contributed by atoms with van der Waals surface area (Å²) in [5, 5.41) is 1.42. The maximum absolute atomic E-state index is 13.5. The largest absolute Gasteiger partial charge is 0.322 e. The quantitative estimate of drug-likeness (QED) is 0.434. The van der Waals surface area contributed by atoms with E-state index in [4.69, 9.17) is 11.6 Å². The number of nitrogens with zero attached hydrogens (tertiary/aromatic N) is 1. The normalized spacial score (nSPS) is 11.0. The third-order valence-electron chi connectivity index (χ3n) is 5.59. The van der Waals surface area contributed by atoms with E-state index in [-0.39, 0.29) is 18.0 Å². The summed E-state index contributed by atoms with van der Waals surface area (Å²) in [4.78, 5) is 31.0. The van der Waals surface area contributed by atoms with Crippen molar-refractivity contribution < 1.29 is 4.79 Å². The fourth-order valence-electron chi connectivity index (χ4n) is 3.72. The molecule has 0 bridgehead atoms. The summed E-state index contributed by atoms with van der Waals surface area (Å²) in [5.74, 6) is -0.209. The lowest BCUT2D eigenvalue weighted by molar-refractivity contribution is 0.0985. The van der Waals surface area contributed by atoms with E-state index < -0.39 is 0 Å². The number of carbonyl (C=O) groups excluding carboxylic acids is 1. The van der Waals surface area contributed by atoms with Gasteiger partial charge in [0.2, 0.25) is 0 Å². The molecule has 5 heteroatoms. The molecule has 0 aliphatic rings. The van der Waals surface area contributed by atoms with E-state index in [2.05, 4.69) is 4.98 Å². The van der Waals surface area contributed by atoms with E-state index in [0.717, 1.165) is 33.3 Å². The lowest BCUT2D eigenvalue weighted by Crippen LogP contribution is -2.33. The molecule has 0 aliphatic carbocycles. The average Bonchev–Trinajstić information content (AvgIpc) is 2.74. The Labute approximate surface area is 186 Å². The first-order valence-corrected chi connectivity index (χ1v) is 10.5. The molecular weight excluding hydrogens is 408 g/mol. The Hall–Kier alpha value is -3.37. The third-order valence-corrected chi connectivity index (χ3v) is 5.83. The highest BCUT2D eigenvalue weighted by molar-refractivity contribution is 6.31. The molecule has 0 fully saturated rings. The smallest absolute Gasteiger partial charge is 0.258 e. The van der Waals surface area contributed by atoms with Gasteiger partial charge >= 0.3 is 0 Å².